The van der Waals surface area contributed by atoms with Gasteiger partial charge in [0.05, 0.1) is 6.10 Å². The van der Waals surface area contributed by atoms with Crippen LogP contribution in [0.3, 0.4) is 0 Å². The number of hydrogen-bond acceptors (Lipinski definition) is 1. The maximum atomic E-state index is 10.2. The van der Waals surface area contributed by atoms with Gasteiger partial charge in [-0.05, 0) is 51.4 Å². The molecule has 0 rings (SSSR count). The average Bonchev–Trinajstić information content (AvgIpc) is 2.88. The van der Waals surface area contributed by atoms with Gasteiger partial charge in [0.1, 0.15) is 0 Å². The van der Waals surface area contributed by atoms with E-state index in [2.05, 4.69) is 25.7 Å². The van der Waals surface area contributed by atoms with Gasteiger partial charge < -0.3 is 5.11 Å². The zero-order chi connectivity index (χ0) is 26.2. The lowest BCUT2D eigenvalue weighted by Gasteiger charge is -2.09. The molecule has 0 amide bonds. The van der Waals surface area contributed by atoms with E-state index in [0.717, 1.165) is 32.1 Å². The van der Waals surface area contributed by atoms with Crippen molar-refractivity contribution in [2.24, 2.45) is 0 Å². The molecule has 214 valence electrons. The Morgan fingerprint density at radius 1 is 0.444 bits per heavy atom. The van der Waals surface area contributed by atoms with Gasteiger partial charge >= 0.3 is 0 Å². The van der Waals surface area contributed by atoms with E-state index in [1.807, 2.05) is 6.08 Å². The molecule has 1 N–H and O–H groups in total. The first kappa shape index (κ1) is 35.4. The smallest absolute Gasteiger partial charge is 0.0540 e. The highest BCUT2D eigenvalue weighted by molar-refractivity contribution is 4.82. The normalized spacial score (nSPS) is 12.5. The van der Waals surface area contributed by atoms with Gasteiger partial charge in [0, 0.05) is 0 Å². The number of unbranched alkanes of at least 4 members (excludes halogenated alkanes) is 24. The molecule has 0 aromatic rings. The highest BCUT2D eigenvalue weighted by atomic mass is 16.3. The van der Waals surface area contributed by atoms with Gasteiger partial charge in [-0.25, -0.2) is 0 Å². The number of aliphatic hydroxyl groups is 1. The van der Waals surface area contributed by atoms with Crippen molar-refractivity contribution in [3.05, 3.63) is 24.8 Å². The Hall–Kier alpha value is -0.560. The van der Waals surface area contributed by atoms with E-state index in [1.54, 1.807) is 0 Å². The highest BCUT2D eigenvalue weighted by Gasteiger charge is 2.03. The first-order chi connectivity index (χ1) is 17.8. The van der Waals surface area contributed by atoms with E-state index in [-0.39, 0.29) is 6.10 Å². The van der Waals surface area contributed by atoms with Crippen LogP contribution in [0.5, 0.6) is 0 Å². The summed E-state index contributed by atoms with van der Waals surface area (Å²) in [4.78, 5) is 0. The van der Waals surface area contributed by atoms with E-state index in [0.29, 0.717) is 0 Å². The number of allylic oxidation sites excluding steroid dienone is 3. The van der Waals surface area contributed by atoms with Crippen molar-refractivity contribution in [1.82, 2.24) is 0 Å². The molecule has 0 fully saturated rings. The topological polar surface area (TPSA) is 20.2 Å². The second-order valence-corrected chi connectivity index (χ2v) is 11.5. The van der Waals surface area contributed by atoms with E-state index in [4.69, 9.17) is 0 Å². The van der Waals surface area contributed by atoms with Crippen LogP contribution in [0, 0.1) is 0 Å². The summed E-state index contributed by atoms with van der Waals surface area (Å²) in [6.07, 6.45) is 45.6. The highest BCUT2D eigenvalue weighted by Crippen LogP contribution is 2.16. The molecule has 0 saturated carbocycles. The summed E-state index contributed by atoms with van der Waals surface area (Å²) < 4.78 is 0. The summed E-state index contributed by atoms with van der Waals surface area (Å²) in [7, 11) is 0. The zero-order valence-corrected chi connectivity index (χ0v) is 25.0. The van der Waals surface area contributed by atoms with Crippen molar-refractivity contribution in [2.45, 2.75) is 199 Å². The number of rotatable bonds is 31. The van der Waals surface area contributed by atoms with Gasteiger partial charge in [0.25, 0.3) is 0 Å². The molecule has 1 nitrogen and oxygen atoms in total. The molecule has 0 bridgehead atoms. The van der Waals surface area contributed by atoms with Crippen LogP contribution in [0.2, 0.25) is 0 Å². The van der Waals surface area contributed by atoms with Gasteiger partial charge in [-0.3, -0.25) is 0 Å². The Labute approximate surface area is 229 Å². The first-order valence-electron chi connectivity index (χ1n) is 16.7. The molecule has 36 heavy (non-hydrogen) atoms. The summed E-state index contributed by atoms with van der Waals surface area (Å²) in [6.45, 7) is 6.06. The second-order valence-electron chi connectivity index (χ2n) is 11.5. The van der Waals surface area contributed by atoms with Crippen molar-refractivity contribution in [2.75, 3.05) is 0 Å². The molecule has 0 aromatic carbocycles. The summed E-state index contributed by atoms with van der Waals surface area (Å²) in [5, 5.41) is 10.2. The van der Waals surface area contributed by atoms with E-state index in [9.17, 15) is 5.11 Å². The molecule has 0 spiro atoms. The van der Waals surface area contributed by atoms with Gasteiger partial charge in [-0.15, -0.1) is 6.58 Å². The van der Waals surface area contributed by atoms with Crippen LogP contribution in [-0.2, 0) is 0 Å². The van der Waals surface area contributed by atoms with Crippen LogP contribution in [-0.4, -0.2) is 11.2 Å². The summed E-state index contributed by atoms with van der Waals surface area (Å²) in [5.74, 6) is 0. The molecule has 1 atom stereocenters. The minimum atomic E-state index is -0.0775. The van der Waals surface area contributed by atoms with Crippen LogP contribution in [0.4, 0.5) is 0 Å². The van der Waals surface area contributed by atoms with E-state index >= 15 is 0 Å². The van der Waals surface area contributed by atoms with Crippen molar-refractivity contribution >= 4 is 0 Å². The molecule has 1 unspecified atom stereocenters. The third-order valence-electron chi connectivity index (χ3n) is 7.74. The maximum absolute atomic E-state index is 10.2. The molecular formula is C35H68O. The molecule has 0 saturated heterocycles. The summed E-state index contributed by atoms with van der Waals surface area (Å²) >= 11 is 0. The molecule has 0 heterocycles. The van der Waals surface area contributed by atoms with Crippen molar-refractivity contribution in [3.8, 4) is 0 Å². The number of hydrogen-bond donors (Lipinski definition) is 1. The standard InChI is InChI=1S/C35H68O/c1-3-5-7-9-11-13-14-15-16-17-18-19-20-21-22-23-24-26-28-30-32-34-35(36)33-31-29-27-25-12-10-8-6-4-2/h4,25,27,35-36H,2-3,5-24,26,28-34H2,1H3. The van der Waals surface area contributed by atoms with E-state index < -0.39 is 0 Å². The van der Waals surface area contributed by atoms with Gasteiger partial charge in [0.2, 0.25) is 0 Å². The Morgan fingerprint density at radius 2 is 0.778 bits per heavy atom. The number of aliphatic hydroxyl groups excluding tert-OH is 1. The molecular weight excluding hydrogens is 436 g/mol. The average molecular weight is 505 g/mol. The van der Waals surface area contributed by atoms with Crippen molar-refractivity contribution < 1.29 is 5.11 Å². The SMILES string of the molecule is C=CCCCCC=CCCCC(O)CCCCCCCCCCCCCCCCCCCCCCC. The fraction of sp³-hybridized carbons (Fsp3) is 0.886. The first-order valence-corrected chi connectivity index (χ1v) is 16.7. The Morgan fingerprint density at radius 3 is 1.19 bits per heavy atom. The molecule has 0 aliphatic rings. The minimum absolute atomic E-state index is 0.0775. The minimum Gasteiger partial charge on any atom is -0.393 e. The Balaban J connectivity index is 3.15. The Bertz CT molecular complexity index is 426. The predicted octanol–water partition coefficient (Wildman–Crippen LogP) is 12.4. The third-order valence-corrected chi connectivity index (χ3v) is 7.74. The fourth-order valence-electron chi connectivity index (χ4n) is 5.21. The van der Waals surface area contributed by atoms with Crippen LogP contribution in [0.25, 0.3) is 0 Å². The molecule has 0 aromatic heterocycles. The van der Waals surface area contributed by atoms with Crippen LogP contribution < -0.4 is 0 Å². The lowest BCUT2D eigenvalue weighted by Crippen LogP contribution is -2.05. The van der Waals surface area contributed by atoms with Crippen LogP contribution in [0.15, 0.2) is 24.8 Å². The summed E-state index contributed by atoms with van der Waals surface area (Å²) in [6, 6.07) is 0. The van der Waals surface area contributed by atoms with Crippen molar-refractivity contribution in [3.63, 3.8) is 0 Å². The van der Waals surface area contributed by atoms with Crippen molar-refractivity contribution in [1.29, 1.82) is 0 Å². The Kier molecular flexibility index (Phi) is 32.0. The quantitative estimate of drug-likeness (QED) is 0.0735. The third kappa shape index (κ3) is 31.5. The molecule has 0 radical (unpaired) electrons. The molecule has 1 heteroatoms. The van der Waals surface area contributed by atoms with Gasteiger partial charge in [-0.1, -0.05) is 160 Å². The van der Waals surface area contributed by atoms with Gasteiger partial charge in [-0.2, -0.15) is 0 Å². The molecule has 0 aliphatic carbocycles. The lowest BCUT2D eigenvalue weighted by atomic mass is 10.0. The predicted molar refractivity (Wildman–Crippen MR) is 165 cm³/mol. The van der Waals surface area contributed by atoms with Crippen LogP contribution >= 0.6 is 0 Å². The zero-order valence-electron chi connectivity index (χ0n) is 25.0. The largest absolute Gasteiger partial charge is 0.393 e. The molecule has 0 aliphatic heterocycles. The van der Waals surface area contributed by atoms with Gasteiger partial charge in [0.15, 0.2) is 0 Å². The maximum Gasteiger partial charge on any atom is 0.0540 e. The van der Waals surface area contributed by atoms with E-state index in [1.165, 1.54) is 154 Å². The monoisotopic (exact) mass is 505 g/mol. The summed E-state index contributed by atoms with van der Waals surface area (Å²) in [5.41, 5.74) is 0. The lowest BCUT2D eigenvalue weighted by molar-refractivity contribution is 0.148. The van der Waals surface area contributed by atoms with Crippen LogP contribution in [0.1, 0.15) is 193 Å². The fourth-order valence-corrected chi connectivity index (χ4v) is 5.21. The second kappa shape index (κ2) is 32.5.